The van der Waals surface area contributed by atoms with Crippen molar-refractivity contribution in [2.45, 2.75) is 329 Å². The molecule has 0 saturated carbocycles. The van der Waals surface area contributed by atoms with E-state index in [-0.39, 0.29) is 31.6 Å². The number of carbonyl (C=O) groups excluding carboxylic acids is 3. The topological polar surface area (TPSA) is 78.9 Å². The third kappa shape index (κ3) is 59.7. The molecular formula is C68H120O6. The van der Waals surface area contributed by atoms with Crippen molar-refractivity contribution < 1.29 is 28.6 Å². The Balaban J connectivity index is 3.99. The molecule has 0 spiro atoms. The second-order valence-electron chi connectivity index (χ2n) is 21.3. The van der Waals surface area contributed by atoms with Crippen LogP contribution in [-0.2, 0) is 28.6 Å². The molecule has 428 valence electrons. The minimum Gasteiger partial charge on any atom is -0.462 e. The lowest BCUT2D eigenvalue weighted by molar-refractivity contribution is -0.166. The molecule has 0 aliphatic heterocycles. The van der Waals surface area contributed by atoms with Gasteiger partial charge in [0.2, 0.25) is 0 Å². The molecule has 0 aromatic rings. The molecule has 1 atom stereocenters. The average molecular weight is 1030 g/mol. The van der Waals surface area contributed by atoms with Crippen LogP contribution in [0.25, 0.3) is 0 Å². The van der Waals surface area contributed by atoms with Gasteiger partial charge in [0.15, 0.2) is 6.10 Å². The number of rotatable bonds is 58. The molecule has 1 unspecified atom stereocenters. The highest BCUT2D eigenvalue weighted by atomic mass is 16.6. The molecule has 6 nitrogen and oxygen atoms in total. The van der Waals surface area contributed by atoms with Crippen molar-refractivity contribution >= 4 is 17.9 Å². The molecule has 0 fully saturated rings. The van der Waals surface area contributed by atoms with E-state index in [9.17, 15) is 14.4 Å². The molecule has 0 rings (SSSR count). The molecule has 0 aliphatic carbocycles. The van der Waals surface area contributed by atoms with Crippen LogP contribution >= 0.6 is 0 Å². The predicted octanol–water partition coefficient (Wildman–Crippen LogP) is 21.7. The van der Waals surface area contributed by atoms with Crippen molar-refractivity contribution in [1.29, 1.82) is 0 Å². The van der Waals surface area contributed by atoms with Crippen LogP contribution in [0.15, 0.2) is 72.9 Å². The van der Waals surface area contributed by atoms with Gasteiger partial charge in [0.1, 0.15) is 13.2 Å². The number of esters is 3. The van der Waals surface area contributed by atoms with Crippen LogP contribution in [0.3, 0.4) is 0 Å². The van der Waals surface area contributed by atoms with Crippen LogP contribution in [0.1, 0.15) is 323 Å². The molecule has 0 bridgehead atoms. The summed E-state index contributed by atoms with van der Waals surface area (Å²) >= 11 is 0. The van der Waals surface area contributed by atoms with Gasteiger partial charge in [0.25, 0.3) is 0 Å². The maximum atomic E-state index is 12.7. The second-order valence-corrected chi connectivity index (χ2v) is 21.3. The van der Waals surface area contributed by atoms with Gasteiger partial charge in [0, 0.05) is 19.3 Å². The van der Waals surface area contributed by atoms with Crippen LogP contribution in [0.2, 0.25) is 0 Å². The van der Waals surface area contributed by atoms with Crippen LogP contribution in [-0.4, -0.2) is 37.2 Å². The maximum Gasteiger partial charge on any atom is 0.306 e. The largest absolute Gasteiger partial charge is 0.462 e. The zero-order chi connectivity index (χ0) is 53.6. The van der Waals surface area contributed by atoms with Crippen molar-refractivity contribution in [2.24, 2.45) is 0 Å². The number of unbranched alkanes of at least 4 members (excludes halogenated alkanes) is 35. The van der Waals surface area contributed by atoms with E-state index in [2.05, 4.69) is 87.6 Å². The minimum absolute atomic E-state index is 0.103. The molecule has 0 N–H and O–H groups in total. The molecule has 0 saturated heterocycles. The Kier molecular flexibility index (Phi) is 59.7. The Morgan fingerprint density at radius 3 is 0.797 bits per heavy atom. The number of ether oxygens (including phenoxy) is 3. The lowest BCUT2D eigenvalue weighted by Crippen LogP contribution is -2.30. The molecule has 0 aromatic carbocycles. The highest BCUT2D eigenvalue weighted by Gasteiger charge is 2.19. The molecule has 0 radical (unpaired) electrons. The van der Waals surface area contributed by atoms with E-state index >= 15 is 0 Å². The van der Waals surface area contributed by atoms with Crippen molar-refractivity contribution in [2.75, 3.05) is 13.2 Å². The SMILES string of the molecule is CC/C=C\C/C=C\C/C=C\C/C=C\C/C=C\C/C=C\CCC(=O)OC(COC(=O)CCCCCCC)COC(=O)CCCCCCCCCCCCCCCCCCCCCCCCCCCCCCCCCC. The second kappa shape index (κ2) is 62.4. The highest BCUT2D eigenvalue weighted by molar-refractivity contribution is 5.71. The molecule has 0 heterocycles. The fourth-order valence-corrected chi connectivity index (χ4v) is 9.24. The number of allylic oxidation sites excluding steroid dienone is 12. The van der Waals surface area contributed by atoms with Gasteiger partial charge in [-0.25, -0.2) is 0 Å². The monoisotopic (exact) mass is 1030 g/mol. The summed E-state index contributed by atoms with van der Waals surface area (Å²) in [4.78, 5) is 37.8. The van der Waals surface area contributed by atoms with E-state index in [0.717, 1.165) is 89.9 Å². The van der Waals surface area contributed by atoms with Crippen LogP contribution < -0.4 is 0 Å². The first-order valence-corrected chi connectivity index (χ1v) is 31.9. The van der Waals surface area contributed by atoms with Gasteiger partial charge in [-0.1, -0.05) is 318 Å². The lowest BCUT2D eigenvalue weighted by atomic mass is 10.0. The van der Waals surface area contributed by atoms with Crippen molar-refractivity contribution in [3.05, 3.63) is 72.9 Å². The van der Waals surface area contributed by atoms with Crippen molar-refractivity contribution in [3.63, 3.8) is 0 Å². The molecule has 0 amide bonds. The Bertz CT molecular complexity index is 1370. The zero-order valence-corrected chi connectivity index (χ0v) is 49.1. The summed E-state index contributed by atoms with van der Waals surface area (Å²) in [6.07, 6.45) is 81.4. The quantitative estimate of drug-likeness (QED) is 0.0261. The Morgan fingerprint density at radius 2 is 0.527 bits per heavy atom. The molecular weight excluding hydrogens is 913 g/mol. The van der Waals surface area contributed by atoms with E-state index < -0.39 is 12.1 Å². The third-order valence-electron chi connectivity index (χ3n) is 14.0. The first-order chi connectivity index (χ1) is 36.5. The van der Waals surface area contributed by atoms with Crippen LogP contribution in [0.4, 0.5) is 0 Å². The Labute approximate surface area is 459 Å². The number of hydrogen-bond donors (Lipinski definition) is 0. The summed E-state index contributed by atoms with van der Waals surface area (Å²) in [7, 11) is 0. The smallest absolute Gasteiger partial charge is 0.306 e. The average Bonchev–Trinajstić information content (AvgIpc) is 3.40. The first kappa shape index (κ1) is 70.8. The molecule has 0 aliphatic rings. The van der Waals surface area contributed by atoms with E-state index in [1.807, 2.05) is 6.08 Å². The summed E-state index contributed by atoms with van der Waals surface area (Å²) in [5.74, 6) is -0.993. The summed E-state index contributed by atoms with van der Waals surface area (Å²) in [6, 6.07) is 0. The standard InChI is InChI=1S/C68H120O6/c1-4-7-10-13-15-17-19-21-23-25-27-28-29-30-31-32-33-34-35-36-37-38-39-41-42-44-46-48-50-52-55-58-61-67(70)73-64-65(63-72-66(69)60-57-54-12-9-6-3)74-68(71)62-59-56-53-51-49-47-45-43-40-26-24-22-20-18-16-14-11-8-5-2/h8,11,16,18,22,24,40,43,47,49,53,56,65H,4-7,9-10,12-15,17,19-21,23,25-39,41-42,44-46,48,50-52,54-55,57-64H2,1-3H3/b11-8-,18-16-,24-22-,43-40-,49-47-,56-53-. The highest BCUT2D eigenvalue weighted by Crippen LogP contribution is 2.18. The van der Waals surface area contributed by atoms with E-state index in [1.165, 1.54) is 186 Å². The Morgan fingerprint density at radius 1 is 0.284 bits per heavy atom. The number of hydrogen-bond acceptors (Lipinski definition) is 6. The summed E-state index contributed by atoms with van der Waals surface area (Å²) < 4.78 is 16.7. The van der Waals surface area contributed by atoms with Gasteiger partial charge in [-0.3, -0.25) is 14.4 Å². The van der Waals surface area contributed by atoms with Gasteiger partial charge >= 0.3 is 17.9 Å². The first-order valence-electron chi connectivity index (χ1n) is 31.9. The van der Waals surface area contributed by atoms with E-state index in [4.69, 9.17) is 14.2 Å². The lowest BCUT2D eigenvalue weighted by Gasteiger charge is -2.18. The van der Waals surface area contributed by atoms with Gasteiger partial charge in [-0.15, -0.1) is 0 Å². The van der Waals surface area contributed by atoms with Crippen molar-refractivity contribution in [3.8, 4) is 0 Å². The fraction of sp³-hybridized carbons (Fsp3) is 0.779. The van der Waals surface area contributed by atoms with E-state index in [1.54, 1.807) is 0 Å². The summed E-state index contributed by atoms with van der Waals surface area (Å²) in [5.41, 5.74) is 0. The number of carbonyl (C=O) groups is 3. The van der Waals surface area contributed by atoms with Crippen molar-refractivity contribution in [1.82, 2.24) is 0 Å². The van der Waals surface area contributed by atoms with Crippen LogP contribution in [0, 0.1) is 0 Å². The van der Waals surface area contributed by atoms with Gasteiger partial charge in [-0.05, 0) is 57.8 Å². The Hall–Kier alpha value is -3.15. The maximum absolute atomic E-state index is 12.7. The third-order valence-corrected chi connectivity index (χ3v) is 14.0. The zero-order valence-electron chi connectivity index (χ0n) is 49.1. The van der Waals surface area contributed by atoms with Gasteiger partial charge in [-0.2, -0.15) is 0 Å². The summed E-state index contributed by atoms with van der Waals surface area (Å²) in [5, 5.41) is 0. The predicted molar refractivity (Wildman–Crippen MR) is 321 cm³/mol. The van der Waals surface area contributed by atoms with Crippen LogP contribution in [0.5, 0.6) is 0 Å². The molecule has 6 heteroatoms. The minimum atomic E-state index is -0.811. The normalized spacial score (nSPS) is 12.5. The summed E-state index contributed by atoms with van der Waals surface area (Å²) in [6.45, 7) is 6.41. The van der Waals surface area contributed by atoms with E-state index in [0.29, 0.717) is 19.3 Å². The van der Waals surface area contributed by atoms with Gasteiger partial charge < -0.3 is 14.2 Å². The molecule has 0 aromatic heterocycles. The van der Waals surface area contributed by atoms with Gasteiger partial charge in [0.05, 0.1) is 0 Å². The fourth-order valence-electron chi connectivity index (χ4n) is 9.24. The molecule has 74 heavy (non-hydrogen) atoms.